The van der Waals surface area contributed by atoms with Crippen LogP contribution in [0.5, 0.6) is 0 Å². The summed E-state index contributed by atoms with van der Waals surface area (Å²) >= 11 is 11.3. The molecule has 26 heavy (non-hydrogen) atoms. The molecule has 0 saturated carbocycles. The van der Waals surface area contributed by atoms with Crippen molar-refractivity contribution in [2.75, 3.05) is 5.32 Å². The summed E-state index contributed by atoms with van der Waals surface area (Å²) in [6.07, 6.45) is 3.26. The quantitative estimate of drug-likeness (QED) is 0.476. The van der Waals surface area contributed by atoms with Gasteiger partial charge in [0.05, 0.1) is 0 Å². The fourth-order valence-electron chi connectivity index (χ4n) is 2.61. The van der Waals surface area contributed by atoms with E-state index in [0.717, 1.165) is 27.6 Å². The molecule has 3 aromatic carbocycles. The Morgan fingerprint density at radius 1 is 1.04 bits per heavy atom. The maximum atomic E-state index is 12.2. The molecule has 3 nitrogen and oxygen atoms in total. The predicted octanol–water partition coefficient (Wildman–Crippen LogP) is 5.33. The number of rotatable bonds is 3. The molecule has 0 unspecified atom stereocenters. The maximum Gasteiger partial charge on any atom is 0.250 e. The summed E-state index contributed by atoms with van der Waals surface area (Å²) in [6, 6.07) is 19.5. The van der Waals surface area contributed by atoms with Gasteiger partial charge in [-0.1, -0.05) is 60.1 Å². The Morgan fingerprint density at radius 2 is 1.77 bits per heavy atom. The Hall–Kier alpha value is -2.69. The van der Waals surface area contributed by atoms with E-state index in [4.69, 9.17) is 23.8 Å². The van der Waals surface area contributed by atoms with Crippen LogP contribution in [0.25, 0.3) is 16.8 Å². The Labute approximate surface area is 162 Å². The van der Waals surface area contributed by atoms with E-state index in [1.165, 1.54) is 6.08 Å². The lowest BCUT2D eigenvalue weighted by atomic mass is 10.0. The van der Waals surface area contributed by atoms with Crippen LogP contribution in [0.1, 0.15) is 11.1 Å². The van der Waals surface area contributed by atoms with Gasteiger partial charge in [0.1, 0.15) is 0 Å². The summed E-state index contributed by atoms with van der Waals surface area (Å²) in [5.74, 6) is -0.296. The van der Waals surface area contributed by atoms with Crippen molar-refractivity contribution < 1.29 is 4.79 Å². The molecule has 0 saturated heterocycles. The first-order chi connectivity index (χ1) is 12.5. The Bertz CT molecular complexity index is 1010. The lowest BCUT2D eigenvalue weighted by Gasteiger charge is -2.11. The van der Waals surface area contributed by atoms with E-state index in [0.29, 0.717) is 5.02 Å². The Kier molecular flexibility index (Phi) is 5.66. The molecule has 0 aliphatic heterocycles. The summed E-state index contributed by atoms with van der Waals surface area (Å²) in [7, 11) is 0. The Balaban J connectivity index is 1.67. The number of hydrogen-bond donors (Lipinski definition) is 2. The highest BCUT2D eigenvalue weighted by atomic mass is 35.5. The number of halogens is 1. The molecule has 5 heteroatoms. The predicted molar refractivity (Wildman–Crippen MR) is 114 cm³/mol. The van der Waals surface area contributed by atoms with Gasteiger partial charge >= 0.3 is 0 Å². The highest BCUT2D eigenvalue weighted by molar-refractivity contribution is 7.80. The van der Waals surface area contributed by atoms with Gasteiger partial charge in [-0.05, 0) is 59.2 Å². The lowest BCUT2D eigenvalue weighted by Crippen LogP contribution is -2.33. The van der Waals surface area contributed by atoms with Crippen molar-refractivity contribution in [1.29, 1.82) is 0 Å². The molecule has 0 heterocycles. The van der Waals surface area contributed by atoms with E-state index in [9.17, 15) is 4.79 Å². The van der Waals surface area contributed by atoms with Crippen molar-refractivity contribution in [3.05, 3.63) is 82.9 Å². The fourth-order valence-corrected chi connectivity index (χ4v) is 3.00. The van der Waals surface area contributed by atoms with E-state index in [-0.39, 0.29) is 11.0 Å². The summed E-state index contributed by atoms with van der Waals surface area (Å²) in [6.45, 7) is 1.88. The minimum atomic E-state index is -0.296. The zero-order chi connectivity index (χ0) is 18.5. The third kappa shape index (κ3) is 4.28. The maximum absolute atomic E-state index is 12.2. The molecule has 0 atom stereocenters. The summed E-state index contributed by atoms with van der Waals surface area (Å²) < 4.78 is 0. The number of carbonyl (C=O) groups excluding carboxylic acids is 1. The van der Waals surface area contributed by atoms with Crippen molar-refractivity contribution >= 4 is 57.4 Å². The lowest BCUT2D eigenvalue weighted by molar-refractivity contribution is -0.115. The first-order valence-electron chi connectivity index (χ1n) is 8.07. The molecule has 0 aliphatic carbocycles. The van der Waals surface area contributed by atoms with Gasteiger partial charge in [-0.2, -0.15) is 0 Å². The first-order valence-corrected chi connectivity index (χ1v) is 8.86. The molecule has 0 bridgehead atoms. The van der Waals surface area contributed by atoms with E-state index >= 15 is 0 Å². The average Bonchev–Trinajstić information content (AvgIpc) is 2.63. The van der Waals surface area contributed by atoms with E-state index in [1.54, 1.807) is 12.1 Å². The SMILES string of the molecule is Cc1c(Cl)cccc1NC(=S)NC(=O)/C=C/c1cccc2ccccc12. The van der Waals surface area contributed by atoms with Gasteiger partial charge in [0, 0.05) is 16.8 Å². The van der Waals surface area contributed by atoms with Crippen molar-refractivity contribution in [2.45, 2.75) is 6.92 Å². The molecule has 2 N–H and O–H groups in total. The van der Waals surface area contributed by atoms with Crippen molar-refractivity contribution in [3.63, 3.8) is 0 Å². The third-order valence-corrected chi connectivity index (χ3v) is 4.60. The zero-order valence-corrected chi connectivity index (χ0v) is 15.7. The number of nitrogens with one attached hydrogen (secondary N) is 2. The van der Waals surface area contributed by atoms with Crippen molar-refractivity contribution in [1.82, 2.24) is 5.32 Å². The highest BCUT2D eigenvalue weighted by Crippen LogP contribution is 2.23. The van der Waals surface area contributed by atoms with Gasteiger partial charge in [0.25, 0.3) is 0 Å². The van der Waals surface area contributed by atoms with Crippen LogP contribution in [0.4, 0.5) is 5.69 Å². The highest BCUT2D eigenvalue weighted by Gasteiger charge is 2.06. The van der Waals surface area contributed by atoms with Crippen molar-refractivity contribution in [2.24, 2.45) is 0 Å². The van der Waals surface area contributed by atoms with Gasteiger partial charge in [-0.15, -0.1) is 0 Å². The topological polar surface area (TPSA) is 41.1 Å². The number of hydrogen-bond acceptors (Lipinski definition) is 2. The van der Waals surface area contributed by atoms with Gasteiger partial charge in [0.2, 0.25) is 5.91 Å². The van der Waals surface area contributed by atoms with Crippen LogP contribution in [-0.4, -0.2) is 11.0 Å². The number of benzene rings is 3. The monoisotopic (exact) mass is 380 g/mol. The molecule has 130 valence electrons. The second-order valence-corrected chi connectivity index (χ2v) is 6.57. The van der Waals surface area contributed by atoms with Crippen LogP contribution >= 0.6 is 23.8 Å². The number of fused-ring (bicyclic) bond motifs is 1. The van der Waals surface area contributed by atoms with Crippen LogP contribution in [0.2, 0.25) is 5.02 Å². The second kappa shape index (κ2) is 8.13. The second-order valence-electron chi connectivity index (χ2n) is 5.76. The number of thiocarbonyl (C=S) groups is 1. The van der Waals surface area contributed by atoms with Crippen LogP contribution < -0.4 is 10.6 Å². The van der Waals surface area contributed by atoms with E-state index in [2.05, 4.69) is 10.6 Å². The smallest absolute Gasteiger partial charge is 0.250 e. The fraction of sp³-hybridized carbons (Fsp3) is 0.0476. The number of anilines is 1. The van der Waals surface area contributed by atoms with Crippen LogP contribution in [0.15, 0.2) is 66.7 Å². The summed E-state index contributed by atoms with van der Waals surface area (Å²) in [5.41, 5.74) is 2.61. The standard InChI is InChI=1S/C21H17ClN2OS/c1-14-18(22)10-5-11-19(14)23-21(26)24-20(25)13-12-16-8-4-7-15-6-2-3-9-17(15)16/h2-13H,1H3,(H2,23,24,25,26)/b13-12+. The van der Waals surface area contributed by atoms with Crippen LogP contribution in [0, 0.1) is 6.92 Å². The molecule has 3 aromatic rings. The number of carbonyl (C=O) groups is 1. The molecule has 0 radical (unpaired) electrons. The molecular weight excluding hydrogens is 364 g/mol. The average molecular weight is 381 g/mol. The van der Waals surface area contributed by atoms with E-state index < -0.39 is 0 Å². The van der Waals surface area contributed by atoms with Crippen molar-refractivity contribution in [3.8, 4) is 0 Å². The largest absolute Gasteiger partial charge is 0.332 e. The van der Waals surface area contributed by atoms with E-state index in [1.807, 2.05) is 61.5 Å². The van der Waals surface area contributed by atoms with Crippen LogP contribution in [0.3, 0.4) is 0 Å². The van der Waals surface area contributed by atoms with Crippen LogP contribution in [-0.2, 0) is 4.79 Å². The van der Waals surface area contributed by atoms with Gasteiger partial charge in [0.15, 0.2) is 5.11 Å². The molecule has 0 fully saturated rings. The normalized spacial score (nSPS) is 10.8. The molecule has 0 aromatic heterocycles. The molecule has 3 rings (SSSR count). The summed E-state index contributed by atoms with van der Waals surface area (Å²) in [4.78, 5) is 12.2. The minimum Gasteiger partial charge on any atom is -0.332 e. The molecule has 0 aliphatic rings. The molecule has 0 spiro atoms. The van der Waals surface area contributed by atoms with Gasteiger partial charge in [-0.25, -0.2) is 0 Å². The van der Waals surface area contributed by atoms with Gasteiger partial charge < -0.3 is 5.32 Å². The molecular formula is C21H17ClN2OS. The zero-order valence-electron chi connectivity index (χ0n) is 14.1. The minimum absolute atomic E-state index is 0.225. The third-order valence-electron chi connectivity index (χ3n) is 3.99. The summed E-state index contributed by atoms with van der Waals surface area (Å²) in [5, 5.41) is 8.72. The Morgan fingerprint density at radius 3 is 2.62 bits per heavy atom. The first kappa shape index (κ1) is 18.1. The molecule has 1 amide bonds. The number of amides is 1. The van der Waals surface area contributed by atoms with Gasteiger partial charge in [-0.3, -0.25) is 10.1 Å².